The lowest BCUT2D eigenvalue weighted by atomic mass is 9.94. The molecule has 0 aromatic carbocycles. The molecule has 19 heavy (non-hydrogen) atoms. The zero-order chi connectivity index (χ0) is 13.7. The summed E-state index contributed by atoms with van der Waals surface area (Å²) in [5.74, 6) is -0.117. The van der Waals surface area contributed by atoms with Crippen LogP contribution in [0.15, 0.2) is 12.4 Å². The van der Waals surface area contributed by atoms with Gasteiger partial charge in [0.05, 0.1) is 18.5 Å². The number of aliphatic hydroxyl groups is 1. The summed E-state index contributed by atoms with van der Waals surface area (Å²) < 4.78 is 0. The van der Waals surface area contributed by atoms with Crippen LogP contribution in [0.25, 0.3) is 0 Å². The third-order valence-electron chi connectivity index (χ3n) is 3.62. The van der Waals surface area contributed by atoms with Gasteiger partial charge in [-0.1, -0.05) is 19.3 Å². The molecule has 0 atom stereocenters. The minimum absolute atomic E-state index is 0.0124. The molecule has 5 nitrogen and oxygen atoms in total. The maximum Gasteiger partial charge on any atom is 0.274 e. The van der Waals surface area contributed by atoms with E-state index < -0.39 is 0 Å². The lowest BCUT2D eigenvalue weighted by Crippen LogP contribution is -2.43. The molecule has 1 aromatic heterocycles. The van der Waals surface area contributed by atoms with Crippen LogP contribution in [0.5, 0.6) is 0 Å². The van der Waals surface area contributed by atoms with Crippen molar-refractivity contribution in [2.24, 2.45) is 0 Å². The second-order valence-electron chi connectivity index (χ2n) is 5.06. The van der Waals surface area contributed by atoms with Crippen molar-refractivity contribution < 1.29 is 9.90 Å². The fourth-order valence-electron chi connectivity index (χ4n) is 2.60. The summed E-state index contributed by atoms with van der Waals surface area (Å²) in [7, 11) is 0. The maximum atomic E-state index is 12.5. The minimum atomic E-state index is -0.117. The Morgan fingerprint density at radius 1 is 1.32 bits per heavy atom. The van der Waals surface area contributed by atoms with Crippen molar-refractivity contribution in [3.05, 3.63) is 23.8 Å². The summed E-state index contributed by atoms with van der Waals surface area (Å²) in [6.45, 7) is 2.20. The normalized spacial score (nSPS) is 16.3. The number of hydrogen-bond acceptors (Lipinski definition) is 4. The van der Waals surface area contributed by atoms with Crippen molar-refractivity contribution in [1.82, 2.24) is 14.9 Å². The topological polar surface area (TPSA) is 66.3 Å². The van der Waals surface area contributed by atoms with Crippen LogP contribution in [0.1, 0.15) is 48.3 Å². The number of amides is 1. The molecule has 1 aliphatic carbocycles. The molecule has 0 spiro atoms. The van der Waals surface area contributed by atoms with E-state index in [4.69, 9.17) is 0 Å². The van der Waals surface area contributed by atoms with E-state index in [0.717, 1.165) is 31.4 Å². The van der Waals surface area contributed by atoms with Crippen molar-refractivity contribution >= 4 is 5.91 Å². The number of aryl methyl sites for hydroxylation is 1. The molecule has 1 aromatic rings. The Labute approximate surface area is 113 Å². The van der Waals surface area contributed by atoms with Gasteiger partial charge >= 0.3 is 0 Å². The molecule has 5 heteroatoms. The summed E-state index contributed by atoms with van der Waals surface area (Å²) in [6, 6.07) is 0.233. The van der Waals surface area contributed by atoms with Crippen molar-refractivity contribution in [3.8, 4) is 0 Å². The Hall–Kier alpha value is -1.49. The molecule has 1 N–H and O–H groups in total. The predicted molar refractivity (Wildman–Crippen MR) is 71.8 cm³/mol. The highest BCUT2D eigenvalue weighted by Crippen LogP contribution is 2.23. The summed E-state index contributed by atoms with van der Waals surface area (Å²) in [4.78, 5) is 22.5. The molecule has 0 bridgehead atoms. The van der Waals surface area contributed by atoms with Crippen LogP contribution in [-0.2, 0) is 0 Å². The van der Waals surface area contributed by atoms with Gasteiger partial charge in [-0.25, -0.2) is 4.98 Å². The number of carbonyl (C=O) groups excluding carboxylic acids is 1. The first kappa shape index (κ1) is 13.9. The fourth-order valence-corrected chi connectivity index (χ4v) is 2.60. The number of carbonyl (C=O) groups is 1. The molecule has 0 unspecified atom stereocenters. The van der Waals surface area contributed by atoms with Gasteiger partial charge in [0, 0.05) is 18.8 Å². The maximum absolute atomic E-state index is 12.5. The van der Waals surface area contributed by atoms with E-state index in [1.165, 1.54) is 12.6 Å². The summed E-state index contributed by atoms with van der Waals surface area (Å²) in [5, 5.41) is 9.18. The fraction of sp³-hybridized carbons (Fsp3) is 0.643. The SMILES string of the molecule is Cc1cnc(C(=O)N(CCO)C2CCCCC2)cn1. The highest BCUT2D eigenvalue weighted by Gasteiger charge is 2.26. The number of hydrogen-bond donors (Lipinski definition) is 1. The lowest BCUT2D eigenvalue weighted by molar-refractivity contribution is 0.0579. The Morgan fingerprint density at radius 2 is 2.05 bits per heavy atom. The standard InChI is InChI=1S/C14H21N3O2/c1-11-9-16-13(10-15-11)14(19)17(7-8-18)12-5-3-2-4-6-12/h9-10,12,18H,2-8H2,1H3. The molecule has 1 heterocycles. The highest BCUT2D eigenvalue weighted by molar-refractivity contribution is 5.92. The van der Waals surface area contributed by atoms with Crippen LogP contribution in [0.4, 0.5) is 0 Å². The third kappa shape index (κ3) is 3.50. The van der Waals surface area contributed by atoms with E-state index in [9.17, 15) is 9.90 Å². The largest absolute Gasteiger partial charge is 0.395 e. The quantitative estimate of drug-likeness (QED) is 0.895. The van der Waals surface area contributed by atoms with Gasteiger partial charge in [0.25, 0.3) is 5.91 Å². The van der Waals surface area contributed by atoms with Crippen molar-refractivity contribution in [2.75, 3.05) is 13.2 Å². The van der Waals surface area contributed by atoms with Crippen molar-refractivity contribution in [2.45, 2.75) is 45.1 Å². The molecule has 1 aliphatic rings. The van der Waals surface area contributed by atoms with Crippen LogP contribution < -0.4 is 0 Å². The van der Waals surface area contributed by atoms with Gasteiger partial charge in [0.15, 0.2) is 0 Å². The Balaban J connectivity index is 2.13. The Morgan fingerprint density at radius 3 is 2.63 bits per heavy atom. The average Bonchev–Trinajstić information content (AvgIpc) is 2.46. The molecule has 104 valence electrons. The van der Waals surface area contributed by atoms with Gasteiger partial charge in [0.1, 0.15) is 5.69 Å². The van der Waals surface area contributed by atoms with Crippen LogP contribution in [0, 0.1) is 6.92 Å². The van der Waals surface area contributed by atoms with Gasteiger partial charge in [-0.15, -0.1) is 0 Å². The van der Waals surface area contributed by atoms with Crippen molar-refractivity contribution in [3.63, 3.8) is 0 Å². The summed E-state index contributed by atoms with van der Waals surface area (Å²) in [6.07, 6.45) is 8.70. The molecule has 0 radical (unpaired) electrons. The Kier molecular flexibility index (Phi) is 4.85. The van der Waals surface area contributed by atoms with Crippen LogP contribution in [-0.4, -0.2) is 45.1 Å². The predicted octanol–water partition coefficient (Wildman–Crippen LogP) is 1.55. The van der Waals surface area contributed by atoms with Gasteiger partial charge in [0.2, 0.25) is 0 Å². The first-order chi connectivity index (χ1) is 9.22. The van der Waals surface area contributed by atoms with E-state index in [1.807, 2.05) is 6.92 Å². The summed E-state index contributed by atoms with van der Waals surface area (Å²) in [5.41, 5.74) is 1.16. The zero-order valence-corrected chi connectivity index (χ0v) is 11.4. The first-order valence-corrected chi connectivity index (χ1v) is 6.93. The molecule has 1 fully saturated rings. The number of aliphatic hydroxyl groups excluding tert-OH is 1. The summed E-state index contributed by atoms with van der Waals surface area (Å²) >= 11 is 0. The molecular formula is C14H21N3O2. The average molecular weight is 263 g/mol. The van der Waals surface area contributed by atoms with E-state index in [0.29, 0.717) is 12.2 Å². The van der Waals surface area contributed by atoms with E-state index in [-0.39, 0.29) is 18.6 Å². The molecule has 0 aliphatic heterocycles. The van der Waals surface area contributed by atoms with Crippen molar-refractivity contribution in [1.29, 1.82) is 0 Å². The van der Waals surface area contributed by atoms with Crippen LogP contribution >= 0.6 is 0 Å². The van der Waals surface area contributed by atoms with Gasteiger partial charge < -0.3 is 10.0 Å². The number of aromatic nitrogens is 2. The minimum Gasteiger partial charge on any atom is -0.395 e. The number of nitrogens with zero attached hydrogens (tertiary/aromatic N) is 3. The Bertz CT molecular complexity index is 413. The molecule has 1 amide bonds. The van der Waals surface area contributed by atoms with Gasteiger partial charge in [-0.2, -0.15) is 0 Å². The van der Waals surface area contributed by atoms with Crippen LogP contribution in [0.3, 0.4) is 0 Å². The second-order valence-corrected chi connectivity index (χ2v) is 5.06. The third-order valence-corrected chi connectivity index (χ3v) is 3.62. The number of rotatable bonds is 4. The monoisotopic (exact) mass is 263 g/mol. The first-order valence-electron chi connectivity index (χ1n) is 6.93. The van der Waals surface area contributed by atoms with E-state index in [2.05, 4.69) is 9.97 Å². The highest BCUT2D eigenvalue weighted by atomic mass is 16.3. The van der Waals surface area contributed by atoms with Crippen LogP contribution in [0.2, 0.25) is 0 Å². The molecule has 0 saturated heterocycles. The van der Waals surface area contributed by atoms with E-state index in [1.54, 1.807) is 11.1 Å². The second kappa shape index (κ2) is 6.61. The van der Waals surface area contributed by atoms with Gasteiger partial charge in [-0.3, -0.25) is 9.78 Å². The molecule has 2 rings (SSSR count). The molecular weight excluding hydrogens is 242 g/mol. The van der Waals surface area contributed by atoms with Gasteiger partial charge in [-0.05, 0) is 19.8 Å². The lowest BCUT2D eigenvalue weighted by Gasteiger charge is -2.33. The smallest absolute Gasteiger partial charge is 0.274 e. The van der Waals surface area contributed by atoms with E-state index >= 15 is 0 Å². The molecule has 1 saturated carbocycles. The zero-order valence-electron chi connectivity index (χ0n) is 11.4.